The van der Waals surface area contributed by atoms with E-state index in [0.717, 1.165) is 28.7 Å². The zero-order valence-electron chi connectivity index (χ0n) is 16.9. The Bertz CT molecular complexity index is 938. The van der Waals surface area contributed by atoms with E-state index < -0.39 is 11.4 Å². The number of methoxy groups -OCH3 is 1. The third-order valence-electron chi connectivity index (χ3n) is 5.74. The third kappa shape index (κ3) is 3.22. The van der Waals surface area contributed by atoms with E-state index in [-0.39, 0.29) is 11.7 Å². The van der Waals surface area contributed by atoms with Gasteiger partial charge in [-0.15, -0.1) is 0 Å². The first-order valence-corrected chi connectivity index (χ1v) is 9.60. The third-order valence-corrected chi connectivity index (χ3v) is 5.74. The van der Waals surface area contributed by atoms with E-state index in [1.54, 1.807) is 6.92 Å². The zero-order valence-corrected chi connectivity index (χ0v) is 16.9. The molecule has 2 atom stereocenters. The first-order chi connectivity index (χ1) is 13.4. The highest BCUT2D eigenvalue weighted by Crippen LogP contribution is 2.51. The highest BCUT2D eigenvalue weighted by molar-refractivity contribution is 6.17. The van der Waals surface area contributed by atoms with Crippen molar-refractivity contribution in [3.63, 3.8) is 0 Å². The molecule has 0 aliphatic heterocycles. The number of benzene rings is 2. The van der Waals surface area contributed by atoms with Crippen LogP contribution in [0.15, 0.2) is 77.4 Å². The maximum Gasteiger partial charge on any atom is 0.323 e. The van der Waals surface area contributed by atoms with E-state index in [2.05, 4.69) is 19.1 Å². The molecule has 2 aromatic rings. The van der Waals surface area contributed by atoms with Gasteiger partial charge in [0.1, 0.15) is 5.41 Å². The summed E-state index contributed by atoms with van der Waals surface area (Å²) in [6.07, 6.45) is 2.72. The van der Waals surface area contributed by atoms with Gasteiger partial charge in [0.05, 0.1) is 7.11 Å². The Balaban J connectivity index is 2.36. The van der Waals surface area contributed by atoms with Crippen molar-refractivity contribution in [2.75, 3.05) is 7.11 Å². The number of carbonyl (C=O) groups is 2. The molecule has 1 aliphatic rings. The van der Waals surface area contributed by atoms with Crippen LogP contribution in [0.2, 0.25) is 0 Å². The molecule has 0 amide bonds. The quantitative estimate of drug-likeness (QED) is 0.536. The molecule has 1 aliphatic carbocycles. The van der Waals surface area contributed by atoms with E-state index >= 15 is 0 Å². The predicted molar refractivity (Wildman–Crippen MR) is 112 cm³/mol. The summed E-state index contributed by atoms with van der Waals surface area (Å²) in [5.74, 6) is -0.839. The van der Waals surface area contributed by atoms with Crippen LogP contribution in [0.4, 0.5) is 0 Å². The van der Waals surface area contributed by atoms with Gasteiger partial charge in [0.2, 0.25) is 0 Å². The summed E-state index contributed by atoms with van der Waals surface area (Å²) in [6, 6.07) is 19.9. The Morgan fingerprint density at radius 2 is 1.64 bits per heavy atom. The van der Waals surface area contributed by atoms with E-state index in [4.69, 9.17) is 4.74 Å². The lowest BCUT2D eigenvalue weighted by Gasteiger charge is -2.40. The van der Waals surface area contributed by atoms with Crippen LogP contribution < -0.4 is 0 Å². The topological polar surface area (TPSA) is 43.4 Å². The summed E-state index contributed by atoms with van der Waals surface area (Å²) < 4.78 is 5.11. The number of esters is 1. The van der Waals surface area contributed by atoms with Gasteiger partial charge in [0.25, 0.3) is 0 Å². The fourth-order valence-corrected chi connectivity index (χ4v) is 4.21. The number of Topliss-reactive ketones (excluding diaryl/α,β-unsaturated/α-hetero) is 1. The van der Waals surface area contributed by atoms with Gasteiger partial charge < -0.3 is 4.74 Å². The molecule has 0 saturated carbocycles. The van der Waals surface area contributed by atoms with Crippen LogP contribution in [0.25, 0.3) is 6.08 Å². The van der Waals surface area contributed by atoms with Crippen molar-refractivity contribution in [2.24, 2.45) is 5.41 Å². The van der Waals surface area contributed by atoms with Crippen molar-refractivity contribution in [3.05, 3.63) is 88.5 Å². The van der Waals surface area contributed by atoms with Crippen molar-refractivity contribution in [1.82, 2.24) is 0 Å². The van der Waals surface area contributed by atoms with Crippen LogP contribution in [0.5, 0.6) is 0 Å². The first kappa shape index (κ1) is 19.8. The average Bonchev–Trinajstić information content (AvgIpc) is 2.74. The van der Waals surface area contributed by atoms with Crippen LogP contribution in [-0.2, 0) is 14.3 Å². The Morgan fingerprint density at radius 1 is 1.07 bits per heavy atom. The standard InChI is InChI=1S/C25H26O3/c1-5-20-17(2)23(26)25(3,24(27)28-4)21(16-18-12-8-6-9-13-18)22(20)19-14-10-7-11-15-19/h6-16,22H,5H2,1-4H3/b21-16-. The van der Waals surface area contributed by atoms with Gasteiger partial charge in [-0.05, 0) is 42.5 Å². The summed E-state index contributed by atoms with van der Waals surface area (Å²) in [5.41, 5.74) is 3.16. The Labute approximate surface area is 166 Å². The Morgan fingerprint density at radius 3 is 2.18 bits per heavy atom. The van der Waals surface area contributed by atoms with Crippen molar-refractivity contribution in [3.8, 4) is 0 Å². The van der Waals surface area contributed by atoms with Crippen molar-refractivity contribution in [1.29, 1.82) is 0 Å². The molecule has 2 aromatic carbocycles. The summed E-state index contributed by atoms with van der Waals surface area (Å²) >= 11 is 0. The average molecular weight is 374 g/mol. The van der Waals surface area contributed by atoms with Gasteiger partial charge >= 0.3 is 5.97 Å². The maximum atomic E-state index is 13.4. The van der Waals surface area contributed by atoms with Gasteiger partial charge in [-0.25, -0.2) is 0 Å². The van der Waals surface area contributed by atoms with E-state index in [1.807, 2.05) is 61.5 Å². The molecule has 0 bridgehead atoms. The summed E-state index contributed by atoms with van der Waals surface area (Å²) in [4.78, 5) is 26.3. The van der Waals surface area contributed by atoms with E-state index in [1.165, 1.54) is 7.11 Å². The highest BCUT2D eigenvalue weighted by atomic mass is 16.5. The molecule has 0 heterocycles. The van der Waals surface area contributed by atoms with E-state index in [0.29, 0.717) is 5.57 Å². The SMILES string of the molecule is CCC1=C(C)C(=O)C(C)(C(=O)OC)/C(=C\c2ccccc2)C1c1ccccc1. The number of hydrogen-bond donors (Lipinski definition) is 0. The van der Waals surface area contributed by atoms with Crippen molar-refractivity contribution < 1.29 is 14.3 Å². The molecule has 3 nitrogen and oxygen atoms in total. The number of hydrogen-bond acceptors (Lipinski definition) is 3. The number of carbonyl (C=O) groups excluding carboxylic acids is 2. The predicted octanol–water partition coefficient (Wildman–Crippen LogP) is 5.34. The molecule has 0 N–H and O–H groups in total. The van der Waals surface area contributed by atoms with Gasteiger partial charge in [0, 0.05) is 5.92 Å². The van der Waals surface area contributed by atoms with Crippen LogP contribution in [0.3, 0.4) is 0 Å². The maximum absolute atomic E-state index is 13.4. The molecule has 144 valence electrons. The monoisotopic (exact) mass is 374 g/mol. The molecule has 0 radical (unpaired) electrons. The van der Waals surface area contributed by atoms with Gasteiger partial charge in [-0.2, -0.15) is 0 Å². The van der Waals surface area contributed by atoms with Crippen LogP contribution in [0.1, 0.15) is 44.2 Å². The second-order valence-corrected chi connectivity index (χ2v) is 7.30. The minimum absolute atomic E-state index is 0.145. The lowest BCUT2D eigenvalue weighted by Crippen LogP contribution is -2.45. The molecular formula is C25H26O3. The summed E-state index contributed by atoms with van der Waals surface area (Å²) in [6.45, 7) is 5.59. The number of ketones is 1. The lowest BCUT2D eigenvalue weighted by atomic mass is 9.61. The lowest BCUT2D eigenvalue weighted by molar-refractivity contribution is -0.153. The summed E-state index contributed by atoms with van der Waals surface area (Å²) in [7, 11) is 1.34. The molecule has 2 unspecified atom stereocenters. The van der Waals surface area contributed by atoms with Gasteiger partial charge in [-0.1, -0.05) is 79.2 Å². The molecule has 0 aromatic heterocycles. The number of allylic oxidation sites excluding steroid dienone is 2. The van der Waals surface area contributed by atoms with Crippen molar-refractivity contribution in [2.45, 2.75) is 33.1 Å². The normalized spacial score (nSPS) is 23.8. The molecule has 0 spiro atoms. The van der Waals surface area contributed by atoms with Crippen LogP contribution in [0, 0.1) is 5.41 Å². The molecule has 28 heavy (non-hydrogen) atoms. The van der Waals surface area contributed by atoms with Gasteiger partial charge in [0.15, 0.2) is 5.78 Å². The molecule has 0 fully saturated rings. The minimum atomic E-state index is -1.35. The molecule has 0 saturated heterocycles. The Kier molecular flexibility index (Phi) is 5.64. The largest absolute Gasteiger partial charge is 0.468 e. The summed E-state index contributed by atoms with van der Waals surface area (Å²) in [5, 5.41) is 0. The second kappa shape index (κ2) is 7.97. The van der Waals surface area contributed by atoms with Crippen LogP contribution in [-0.4, -0.2) is 18.9 Å². The van der Waals surface area contributed by atoms with Crippen molar-refractivity contribution >= 4 is 17.8 Å². The molecule has 3 heteroatoms. The fourth-order valence-electron chi connectivity index (χ4n) is 4.21. The minimum Gasteiger partial charge on any atom is -0.468 e. The van der Waals surface area contributed by atoms with E-state index in [9.17, 15) is 9.59 Å². The molecule has 3 rings (SSSR count). The smallest absolute Gasteiger partial charge is 0.323 e. The zero-order chi connectivity index (χ0) is 20.3. The molecular weight excluding hydrogens is 348 g/mol. The van der Waals surface area contributed by atoms with Gasteiger partial charge in [-0.3, -0.25) is 9.59 Å². The number of rotatable bonds is 4. The first-order valence-electron chi connectivity index (χ1n) is 9.60. The number of ether oxygens (including phenoxy) is 1. The fraction of sp³-hybridized carbons (Fsp3) is 0.280. The Hall–Kier alpha value is -2.94. The second-order valence-electron chi connectivity index (χ2n) is 7.30. The van der Waals surface area contributed by atoms with Crippen LogP contribution >= 0.6 is 0 Å². The highest BCUT2D eigenvalue weighted by Gasteiger charge is 2.52.